The van der Waals surface area contributed by atoms with Crippen molar-refractivity contribution in [1.29, 1.82) is 0 Å². The molecule has 0 saturated heterocycles. The van der Waals surface area contributed by atoms with E-state index in [0.29, 0.717) is 12.0 Å². The van der Waals surface area contributed by atoms with Crippen LogP contribution in [0.3, 0.4) is 0 Å². The number of hydrogen-bond donors (Lipinski definition) is 1. The summed E-state index contributed by atoms with van der Waals surface area (Å²) in [7, 11) is 0. The monoisotopic (exact) mass is 292 g/mol. The van der Waals surface area contributed by atoms with Gasteiger partial charge in [-0.3, -0.25) is 0 Å². The molecule has 1 N–H and O–H groups in total. The van der Waals surface area contributed by atoms with Crippen molar-refractivity contribution in [1.82, 2.24) is 10.3 Å². The normalized spacial score (nSPS) is 22.2. The molecule has 3 rings (SSSR count). The maximum absolute atomic E-state index is 6.03. The molecule has 0 amide bonds. The first kappa shape index (κ1) is 13.1. The number of thiazole rings is 1. The van der Waals surface area contributed by atoms with E-state index in [4.69, 9.17) is 11.6 Å². The van der Waals surface area contributed by atoms with Gasteiger partial charge in [-0.1, -0.05) is 23.7 Å². The summed E-state index contributed by atoms with van der Waals surface area (Å²) in [5.74, 6) is 0.677. The van der Waals surface area contributed by atoms with Gasteiger partial charge in [0.05, 0.1) is 5.01 Å². The number of rotatable bonds is 5. The smallest absolute Gasteiger partial charge is 0.0937 e. The van der Waals surface area contributed by atoms with E-state index in [9.17, 15) is 0 Å². The highest BCUT2D eigenvalue weighted by atomic mass is 35.5. The van der Waals surface area contributed by atoms with Crippen LogP contribution in [-0.4, -0.2) is 17.6 Å². The van der Waals surface area contributed by atoms with Crippen molar-refractivity contribution < 1.29 is 0 Å². The Hall–Kier alpha value is -0.900. The van der Waals surface area contributed by atoms with Gasteiger partial charge in [0.1, 0.15) is 0 Å². The fourth-order valence-electron chi connectivity index (χ4n) is 2.58. The molecule has 100 valence electrons. The van der Waals surface area contributed by atoms with Crippen molar-refractivity contribution in [2.24, 2.45) is 0 Å². The second-order valence-electron chi connectivity index (χ2n) is 5.05. The molecule has 1 aliphatic carbocycles. The van der Waals surface area contributed by atoms with E-state index in [0.717, 1.165) is 18.0 Å². The van der Waals surface area contributed by atoms with E-state index in [1.807, 2.05) is 23.7 Å². The Bertz CT molecular complexity index is 521. The highest BCUT2D eigenvalue weighted by molar-refractivity contribution is 7.09. The Morgan fingerprint density at radius 2 is 2.26 bits per heavy atom. The highest BCUT2D eigenvalue weighted by Gasteiger charge is 2.29. The summed E-state index contributed by atoms with van der Waals surface area (Å²) in [6, 6.07) is 8.92. The number of nitrogens with one attached hydrogen (secondary N) is 1. The lowest BCUT2D eigenvalue weighted by atomic mass is 9.76. The van der Waals surface area contributed by atoms with Crippen molar-refractivity contribution in [2.45, 2.75) is 31.2 Å². The minimum Gasteiger partial charge on any atom is -0.314 e. The lowest BCUT2D eigenvalue weighted by Gasteiger charge is -2.36. The maximum atomic E-state index is 6.03. The van der Waals surface area contributed by atoms with Crippen molar-refractivity contribution in [3.8, 4) is 0 Å². The molecule has 2 nitrogen and oxygen atoms in total. The van der Waals surface area contributed by atoms with Gasteiger partial charge in [0.15, 0.2) is 0 Å². The van der Waals surface area contributed by atoms with Gasteiger partial charge in [-0.25, -0.2) is 4.98 Å². The van der Waals surface area contributed by atoms with Crippen molar-refractivity contribution in [2.75, 3.05) is 6.54 Å². The lowest BCUT2D eigenvalue weighted by molar-refractivity contribution is 0.293. The van der Waals surface area contributed by atoms with Gasteiger partial charge in [-0.05, 0) is 36.5 Å². The fraction of sp³-hybridized carbons (Fsp3) is 0.400. The topological polar surface area (TPSA) is 24.9 Å². The first-order valence-electron chi connectivity index (χ1n) is 6.68. The molecule has 2 aromatic rings. The molecule has 0 aliphatic heterocycles. The molecule has 0 unspecified atom stereocenters. The third kappa shape index (κ3) is 3.35. The Kier molecular flexibility index (Phi) is 4.16. The van der Waals surface area contributed by atoms with E-state index in [1.165, 1.54) is 23.4 Å². The Labute approximate surface area is 122 Å². The Morgan fingerprint density at radius 1 is 1.37 bits per heavy atom. The molecule has 1 aromatic carbocycles. The number of hydrogen-bond acceptors (Lipinski definition) is 3. The number of halogens is 1. The van der Waals surface area contributed by atoms with E-state index >= 15 is 0 Å². The van der Waals surface area contributed by atoms with Gasteiger partial charge in [-0.15, -0.1) is 11.3 Å². The predicted molar refractivity (Wildman–Crippen MR) is 81.0 cm³/mol. The van der Waals surface area contributed by atoms with Crippen molar-refractivity contribution in [3.05, 3.63) is 51.4 Å². The third-order valence-corrected chi connectivity index (χ3v) is 4.79. The van der Waals surface area contributed by atoms with Gasteiger partial charge in [0, 0.05) is 35.6 Å². The molecule has 0 bridgehead atoms. The minimum atomic E-state index is 0.656. The van der Waals surface area contributed by atoms with Crippen LogP contribution in [0.2, 0.25) is 5.02 Å². The SMILES string of the molecule is Clc1cccc(C2CC(NCCc3nccs3)C2)c1. The molecule has 0 atom stereocenters. The van der Waals surface area contributed by atoms with Crippen LogP contribution < -0.4 is 5.32 Å². The summed E-state index contributed by atoms with van der Waals surface area (Å²) in [4.78, 5) is 4.29. The van der Waals surface area contributed by atoms with Crippen LogP contribution in [0.15, 0.2) is 35.8 Å². The van der Waals surface area contributed by atoms with E-state index in [1.54, 1.807) is 11.3 Å². The summed E-state index contributed by atoms with van der Waals surface area (Å²) in [6.07, 6.45) is 5.35. The number of nitrogens with zero attached hydrogens (tertiary/aromatic N) is 1. The second-order valence-corrected chi connectivity index (χ2v) is 6.47. The first-order chi connectivity index (χ1) is 9.31. The number of benzene rings is 1. The molecule has 19 heavy (non-hydrogen) atoms. The zero-order chi connectivity index (χ0) is 13.1. The molecule has 4 heteroatoms. The second kappa shape index (κ2) is 6.04. The average Bonchev–Trinajstić information content (AvgIpc) is 2.85. The molecule has 1 aliphatic rings. The minimum absolute atomic E-state index is 0.656. The van der Waals surface area contributed by atoms with Gasteiger partial charge < -0.3 is 5.32 Å². The molecule has 1 heterocycles. The van der Waals surface area contributed by atoms with Gasteiger partial charge in [0.2, 0.25) is 0 Å². The fourth-order valence-corrected chi connectivity index (χ4v) is 3.40. The molecular weight excluding hydrogens is 276 g/mol. The van der Waals surface area contributed by atoms with E-state index < -0.39 is 0 Å². The lowest BCUT2D eigenvalue weighted by Crippen LogP contribution is -2.40. The summed E-state index contributed by atoms with van der Waals surface area (Å²) in [5, 5.41) is 7.71. The quantitative estimate of drug-likeness (QED) is 0.905. The van der Waals surface area contributed by atoms with Crippen LogP contribution in [-0.2, 0) is 6.42 Å². The van der Waals surface area contributed by atoms with Gasteiger partial charge in [-0.2, -0.15) is 0 Å². The maximum Gasteiger partial charge on any atom is 0.0937 e. The zero-order valence-corrected chi connectivity index (χ0v) is 12.3. The van der Waals surface area contributed by atoms with E-state index in [2.05, 4.69) is 22.4 Å². The van der Waals surface area contributed by atoms with Gasteiger partial charge in [0.25, 0.3) is 0 Å². The van der Waals surface area contributed by atoms with Crippen molar-refractivity contribution in [3.63, 3.8) is 0 Å². The first-order valence-corrected chi connectivity index (χ1v) is 7.94. The third-order valence-electron chi connectivity index (χ3n) is 3.71. The van der Waals surface area contributed by atoms with Crippen LogP contribution in [0.25, 0.3) is 0 Å². The largest absolute Gasteiger partial charge is 0.314 e. The van der Waals surface area contributed by atoms with Crippen LogP contribution in [0.4, 0.5) is 0 Å². The van der Waals surface area contributed by atoms with Gasteiger partial charge >= 0.3 is 0 Å². The molecular formula is C15H17ClN2S. The standard InChI is InChI=1S/C15H17ClN2S/c16-13-3-1-2-11(8-13)12-9-14(10-12)17-5-4-15-18-6-7-19-15/h1-3,6-8,12,14,17H,4-5,9-10H2. The van der Waals surface area contributed by atoms with Crippen molar-refractivity contribution >= 4 is 22.9 Å². The van der Waals surface area contributed by atoms with E-state index in [-0.39, 0.29) is 0 Å². The zero-order valence-electron chi connectivity index (χ0n) is 10.7. The van der Waals surface area contributed by atoms with Crippen LogP contribution in [0.1, 0.15) is 29.3 Å². The molecule has 1 saturated carbocycles. The van der Waals surface area contributed by atoms with Crippen LogP contribution in [0, 0.1) is 0 Å². The molecule has 1 fully saturated rings. The summed E-state index contributed by atoms with van der Waals surface area (Å²) in [5.41, 5.74) is 1.38. The molecule has 0 spiro atoms. The Morgan fingerprint density at radius 3 is 3.00 bits per heavy atom. The van der Waals surface area contributed by atoms with Crippen LogP contribution >= 0.6 is 22.9 Å². The number of aromatic nitrogens is 1. The summed E-state index contributed by atoms with van der Waals surface area (Å²) in [6.45, 7) is 1.03. The summed E-state index contributed by atoms with van der Waals surface area (Å²) < 4.78 is 0. The Balaban J connectivity index is 1.41. The molecule has 0 radical (unpaired) electrons. The molecule has 1 aromatic heterocycles. The highest BCUT2D eigenvalue weighted by Crippen LogP contribution is 2.37. The average molecular weight is 293 g/mol. The van der Waals surface area contributed by atoms with Crippen LogP contribution in [0.5, 0.6) is 0 Å². The summed E-state index contributed by atoms with van der Waals surface area (Å²) >= 11 is 7.76. The predicted octanol–water partition coefficient (Wildman–Crippen LogP) is 3.87.